The van der Waals surface area contributed by atoms with Crippen LogP contribution < -0.4 is 20.5 Å². The van der Waals surface area contributed by atoms with Crippen molar-refractivity contribution in [2.24, 2.45) is 11.1 Å². The Balaban J connectivity index is 1.45. The Bertz CT molecular complexity index is 441. The van der Waals surface area contributed by atoms with Crippen molar-refractivity contribution in [2.45, 2.75) is 6.42 Å². The smallest absolute Gasteiger partial charge is 0.231 e. The van der Waals surface area contributed by atoms with Crippen molar-refractivity contribution in [3.63, 3.8) is 0 Å². The Kier molecular flexibility index (Phi) is 3.59. The molecule has 0 aromatic heterocycles. The molecule has 19 heavy (non-hydrogen) atoms. The highest BCUT2D eigenvalue weighted by Gasteiger charge is 2.36. The molecule has 0 aliphatic carbocycles. The molecule has 1 aromatic carbocycles. The van der Waals surface area contributed by atoms with Gasteiger partial charge in [0.1, 0.15) is 0 Å². The molecule has 0 saturated carbocycles. The van der Waals surface area contributed by atoms with Crippen molar-refractivity contribution in [3.8, 4) is 11.5 Å². The van der Waals surface area contributed by atoms with E-state index in [-0.39, 0.29) is 5.41 Å². The summed E-state index contributed by atoms with van der Waals surface area (Å²) in [6, 6.07) is 6.11. The summed E-state index contributed by atoms with van der Waals surface area (Å²) < 4.78 is 15.9. The molecule has 3 rings (SSSR count). The van der Waals surface area contributed by atoms with E-state index in [1.807, 2.05) is 6.07 Å². The molecule has 0 unspecified atom stereocenters. The summed E-state index contributed by atoms with van der Waals surface area (Å²) in [5.41, 5.74) is 7.19. The van der Waals surface area contributed by atoms with E-state index in [1.54, 1.807) is 0 Å². The molecule has 5 heteroatoms. The maximum Gasteiger partial charge on any atom is 0.231 e. The van der Waals surface area contributed by atoms with Gasteiger partial charge in [-0.25, -0.2) is 0 Å². The Morgan fingerprint density at radius 2 is 2.05 bits per heavy atom. The van der Waals surface area contributed by atoms with Crippen molar-refractivity contribution in [2.75, 3.05) is 39.6 Å². The van der Waals surface area contributed by atoms with Gasteiger partial charge in [0, 0.05) is 18.5 Å². The molecule has 0 spiro atoms. The first kappa shape index (κ1) is 12.7. The molecule has 0 bridgehead atoms. The van der Waals surface area contributed by atoms with Crippen LogP contribution in [0.25, 0.3) is 0 Å². The maximum absolute atomic E-state index is 5.77. The molecular formula is C14H20N2O3. The van der Waals surface area contributed by atoms with E-state index >= 15 is 0 Å². The summed E-state index contributed by atoms with van der Waals surface area (Å²) in [5.74, 6) is 1.69. The lowest BCUT2D eigenvalue weighted by Gasteiger charge is -2.40. The molecule has 104 valence electrons. The van der Waals surface area contributed by atoms with Gasteiger partial charge in [-0.2, -0.15) is 0 Å². The molecule has 0 amide bonds. The van der Waals surface area contributed by atoms with Gasteiger partial charge in [-0.3, -0.25) is 0 Å². The summed E-state index contributed by atoms with van der Waals surface area (Å²) in [7, 11) is 0. The third kappa shape index (κ3) is 2.68. The number of nitrogens with one attached hydrogen (secondary N) is 1. The van der Waals surface area contributed by atoms with Gasteiger partial charge in [-0.05, 0) is 30.7 Å². The number of nitrogens with two attached hydrogens (primary N) is 1. The highest BCUT2D eigenvalue weighted by atomic mass is 16.7. The minimum atomic E-state index is 0.162. The molecule has 2 aliphatic heterocycles. The molecule has 1 aromatic rings. The molecule has 2 aliphatic rings. The number of fused-ring (bicyclic) bond motifs is 1. The minimum absolute atomic E-state index is 0.162. The molecule has 1 saturated heterocycles. The topological polar surface area (TPSA) is 65.7 Å². The normalized spacial score (nSPS) is 19.2. The fourth-order valence-corrected chi connectivity index (χ4v) is 2.37. The van der Waals surface area contributed by atoms with Crippen LogP contribution in [0.2, 0.25) is 0 Å². The van der Waals surface area contributed by atoms with Crippen LogP contribution >= 0.6 is 0 Å². The monoisotopic (exact) mass is 264 g/mol. The molecule has 1 fully saturated rings. The van der Waals surface area contributed by atoms with Crippen LogP contribution in [0.3, 0.4) is 0 Å². The third-order valence-electron chi connectivity index (χ3n) is 3.78. The quantitative estimate of drug-likeness (QED) is 0.733. The van der Waals surface area contributed by atoms with E-state index in [1.165, 1.54) is 5.56 Å². The second-order valence-electron chi connectivity index (χ2n) is 5.31. The van der Waals surface area contributed by atoms with Crippen molar-refractivity contribution >= 4 is 0 Å². The maximum atomic E-state index is 5.77. The van der Waals surface area contributed by atoms with Crippen molar-refractivity contribution < 1.29 is 14.2 Å². The Morgan fingerprint density at radius 1 is 1.21 bits per heavy atom. The molecule has 0 radical (unpaired) electrons. The predicted molar refractivity (Wildman–Crippen MR) is 71.4 cm³/mol. The van der Waals surface area contributed by atoms with E-state index in [0.29, 0.717) is 13.3 Å². The summed E-state index contributed by atoms with van der Waals surface area (Å²) in [6.45, 7) is 4.43. The van der Waals surface area contributed by atoms with Gasteiger partial charge in [0.05, 0.1) is 13.2 Å². The molecule has 3 N–H and O–H groups in total. The standard InChI is InChI=1S/C14H20N2O3/c15-6-14(8-17-9-14)7-16-4-3-11-1-2-12-13(5-11)19-10-18-12/h1-2,5,16H,3-4,6-10,15H2. The van der Waals surface area contributed by atoms with E-state index < -0.39 is 0 Å². The second-order valence-corrected chi connectivity index (χ2v) is 5.31. The lowest BCUT2D eigenvalue weighted by molar-refractivity contribution is -0.104. The Labute approximate surface area is 113 Å². The number of benzene rings is 1. The van der Waals surface area contributed by atoms with Gasteiger partial charge in [-0.1, -0.05) is 6.07 Å². The Morgan fingerprint density at radius 3 is 2.79 bits per heavy atom. The third-order valence-corrected chi connectivity index (χ3v) is 3.78. The SMILES string of the molecule is NCC1(CNCCc2ccc3c(c2)OCO3)COC1. The summed E-state index contributed by atoms with van der Waals surface area (Å²) >= 11 is 0. The van der Waals surface area contributed by atoms with Crippen LogP contribution in [-0.2, 0) is 11.2 Å². The largest absolute Gasteiger partial charge is 0.454 e. The summed E-state index contributed by atoms with van der Waals surface area (Å²) in [5, 5.41) is 3.46. The van der Waals surface area contributed by atoms with Gasteiger partial charge in [0.15, 0.2) is 11.5 Å². The zero-order valence-electron chi connectivity index (χ0n) is 11.0. The van der Waals surface area contributed by atoms with E-state index in [2.05, 4.69) is 17.4 Å². The second kappa shape index (κ2) is 5.36. The van der Waals surface area contributed by atoms with Crippen molar-refractivity contribution in [3.05, 3.63) is 23.8 Å². The van der Waals surface area contributed by atoms with E-state index in [9.17, 15) is 0 Å². The molecule has 5 nitrogen and oxygen atoms in total. The van der Waals surface area contributed by atoms with Gasteiger partial charge >= 0.3 is 0 Å². The predicted octanol–water partition coefficient (Wildman–Crippen LogP) is 0.523. The van der Waals surface area contributed by atoms with E-state index in [4.69, 9.17) is 19.9 Å². The lowest BCUT2D eigenvalue weighted by atomic mass is 9.86. The fourth-order valence-electron chi connectivity index (χ4n) is 2.37. The zero-order valence-corrected chi connectivity index (χ0v) is 11.0. The number of hydrogen-bond acceptors (Lipinski definition) is 5. The first-order valence-electron chi connectivity index (χ1n) is 6.68. The summed E-state index contributed by atoms with van der Waals surface area (Å²) in [6.07, 6.45) is 0.970. The lowest BCUT2D eigenvalue weighted by Crippen LogP contribution is -2.54. The average Bonchev–Trinajstić information content (AvgIpc) is 2.84. The number of hydrogen-bond donors (Lipinski definition) is 2. The molecular weight excluding hydrogens is 244 g/mol. The first-order chi connectivity index (χ1) is 9.31. The van der Waals surface area contributed by atoms with Crippen LogP contribution in [0.1, 0.15) is 5.56 Å². The number of ether oxygens (including phenoxy) is 3. The van der Waals surface area contributed by atoms with E-state index in [0.717, 1.165) is 44.2 Å². The van der Waals surface area contributed by atoms with Gasteiger partial charge in [0.2, 0.25) is 6.79 Å². The first-order valence-corrected chi connectivity index (χ1v) is 6.68. The van der Waals surface area contributed by atoms with Crippen LogP contribution in [0.4, 0.5) is 0 Å². The van der Waals surface area contributed by atoms with Crippen LogP contribution in [0.15, 0.2) is 18.2 Å². The zero-order chi connectivity index (χ0) is 13.1. The van der Waals surface area contributed by atoms with Crippen molar-refractivity contribution in [1.29, 1.82) is 0 Å². The van der Waals surface area contributed by atoms with Gasteiger partial charge in [0.25, 0.3) is 0 Å². The van der Waals surface area contributed by atoms with Gasteiger partial charge < -0.3 is 25.3 Å². The van der Waals surface area contributed by atoms with Crippen LogP contribution in [0.5, 0.6) is 11.5 Å². The average molecular weight is 264 g/mol. The minimum Gasteiger partial charge on any atom is -0.454 e. The molecule has 2 heterocycles. The van der Waals surface area contributed by atoms with Crippen LogP contribution in [-0.4, -0.2) is 39.6 Å². The molecule has 0 atom stereocenters. The van der Waals surface area contributed by atoms with Crippen molar-refractivity contribution in [1.82, 2.24) is 5.32 Å². The van der Waals surface area contributed by atoms with Crippen LogP contribution in [0, 0.1) is 5.41 Å². The Hall–Kier alpha value is -1.30. The fraction of sp³-hybridized carbons (Fsp3) is 0.571. The highest BCUT2D eigenvalue weighted by molar-refractivity contribution is 5.44. The summed E-state index contributed by atoms with van der Waals surface area (Å²) in [4.78, 5) is 0. The number of rotatable bonds is 6. The van der Waals surface area contributed by atoms with Gasteiger partial charge in [-0.15, -0.1) is 0 Å². The highest BCUT2D eigenvalue weighted by Crippen LogP contribution is 2.32.